The summed E-state index contributed by atoms with van der Waals surface area (Å²) in [5, 5.41) is 15.6. The van der Waals surface area contributed by atoms with Gasteiger partial charge in [0.2, 0.25) is 0 Å². The van der Waals surface area contributed by atoms with Crippen molar-refractivity contribution in [1.29, 1.82) is 0 Å². The van der Waals surface area contributed by atoms with Crippen LogP contribution in [0.1, 0.15) is 52.4 Å². The molecule has 0 saturated carbocycles. The molecule has 5 nitrogen and oxygen atoms in total. The molecule has 32 heavy (non-hydrogen) atoms. The first-order chi connectivity index (χ1) is 15.0. The van der Waals surface area contributed by atoms with Crippen LogP contribution in [0.25, 0.3) is 0 Å². The molecule has 172 valence electrons. The van der Waals surface area contributed by atoms with Gasteiger partial charge in [0.1, 0.15) is 17.6 Å². The van der Waals surface area contributed by atoms with E-state index in [1.165, 1.54) is 12.2 Å². The number of carbonyl (C=O) groups excluding carboxylic acids is 1. The Hall–Kier alpha value is -0.660. The van der Waals surface area contributed by atoms with Crippen molar-refractivity contribution in [1.82, 2.24) is 0 Å². The SMILES string of the molecule is CCCC(=NOCC(C)Oc1ccc(Cl)cc1)C1=C(O)CC(C2CCCSC2)CC1=O.[NaH]. The molecule has 1 N–H and O–H groups in total. The van der Waals surface area contributed by atoms with E-state index in [1.807, 2.05) is 25.6 Å². The third kappa shape index (κ3) is 7.98. The van der Waals surface area contributed by atoms with E-state index in [2.05, 4.69) is 5.16 Å². The molecule has 3 rings (SSSR count). The topological polar surface area (TPSA) is 68.1 Å². The van der Waals surface area contributed by atoms with Crippen LogP contribution < -0.4 is 4.74 Å². The molecule has 1 fully saturated rings. The zero-order chi connectivity index (χ0) is 22.2. The first kappa shape index (κ1) is 27.6. The van der Waals surface area contributed by atoms with Crippen LogP contribution in [0, 0.1) is 11.8 Å². The van der Waals surface area contributed by atoms with Crippen molar-refractivity contribution >= 4 is 64.4 Å². The summed E-state index contributed by atoms with van der Waals surface area (Å²) in [7, 11) is 0. The number of hydrogen-bond acceptors (Lipinski definition) is 6. The second kappa shape index (κ2) is 13.9. The van der Waals surface area contributed by atoms with Gasteiger partial charge in [-0.1, -0.05) is 30.1 Å². The first-order valence-electron chi connectivity index (χ1n) is 11.1. The Kier molecular flexibility index (Phi) is 12.0. The fourth-order valence-electron chi connectivity index (χ4n) is 4.17. The average Bonchev–Trinajstić information content (AvgIpc) is 2.75. The van der Waals surface area contributed by atoms with Crippen LogP contribution in [-0.4, -0.2) is 70.4 Å². The van der Waals surface area contributed by atoms with E-state index in [0.717, 1.165) is 18.6 Å². The minimum atomic E-state index is -0.231. The maximum absolute atomic E-state index is 12.9. The van der Waals surface area contributed by atoms with Crippen LogP contribution in [0.15, 0.2) is 40.8 Å². The predicted molar refractivity (Wildman–Crippen MR) is 134 cm³/mol. The molecular formula is C24H33ClNNaO4S. The molecule has 0 aromatic heterocycles. The van der Waals surface area contributed by atoms with Crippen LogP contribution in [0.2, 0.25) is 5.02 Å². The second-order valence-electron chi connectivity index (χ2n) is 8.36. The van der Waals surface area contributed by atoms with Gasteiger partial charge >= 0.3 is 29.6 Å². The monoisotopic (exact) mass is 489 g/mol. The number of oxime groups is 1. The van der Waals surface area contributed by atoms with Crippen LogP contribution in [0.3, 0.4) is 0 Å². The molecule has 3 atom stereocenters. The number of hydrogen-bond donors (Lipinski definition) is 1. The Bertz CT molecular complexity index is 809. The van der Waals surface area contributed by atoms with Gasteiger partial charge in [0.05, 0.1) is 11.3 Å². The molecule has 1 saturated heterocycles. The first-order valence-corrected chi connectivity index (χ1v) is 12.7. The summed E-state index contributed by atoms with van der Waals surface area (Å²) in [5.41, 5.74) is 0.910. The Morgan fingerprint density at radius 3 is 2.66 bits per heavy atom. The van der Waals surface area contributed by atoms with E-state index in [-0.39, 0.29) is 59.7 Å². The minimum absolute atomic E-state index is 0. The van der Waals surface area contributed by atoms with Crippen LogP contribution in [0.4, 0.5) is 0 Å². The normalized spacial score (nSPS) is 22.8. The molecule has 2 aliphatic rings. The Balaban J connectivity index is 0.00000363. The van der Waals surface area contributed by atoms with E-state index in [0.29, 0.717) is 47.2 Å². The number of rotatable bonds is 9. The Morgan fingerprint density at radius 2 is 2.03 bits per heavy atom. The number of benzene rings is 1. The molecule has 1 heterocycles. The van der Waals surface area contributed by atoms with Crippen LogP contribution in [-0.2, 0) is 9.63 Å². The fraction of sp³-hybridized carbons (Fsp3) is 0.583. The van der Waals surface area contributed by atoms with Crippen molar-refractivity contribution in [2.45, 2.75) is 58.5 Å². The van der Waals surface area contributed by atoms with Crippen LogP contribution in [0.5, 0.6) is 5.75 Å². The van der Waals surface area contributed by atoms with Crippen molar-refractivity contribution in [3.63, 3.8) is 0 Å². The zero-order valence-electron chi connectivity index (χ0n) is 18.3. The van der Waals surface area contributed by atoms with E-state index < -0.39 is 0 Å². The maximum atomic E-state index is 12.9. The quantitative estimate of drug-likeness (QED) is 0.279. The molecule has 0 radical (unpaired) electrons. The van der Waals surface area contributed by atoms with Crippen molar-refractivity contribution in [3.8, 4) is 5.75 Å². The number of aliphatic hydroxyl groups is 1. The Labute approximate surface area is 222 Å². The zero-order valence-corrected chi connectivity index (χ0v) is 19.9. The van der Waals surface area contributed by atoms with Gasteiger partial charge in [-0.15, -0.1) is 0 Å². The number of ether oxygens (including phenoxy) is 1. The van der Waals surface area contributed by atoms with Gasteiger partial charge in [-0.05, 0) is 73.8 Å². The number of allylic oxidation sites excluding steroid dienone is 2. The summed E-state index contributed by atoms with van der Waals surface area (Å²) in [5.74, 6) is 3.91. The summed E-state index contributed by atoms with van der Waals surface area (Å²) in [6.07, 6.45) is 4.56. The van der Waals surface area contributed by atoms with E-state index in [1.54, 1.807) is 24.3 Å². The predicted octanol–water partition coefficient (Wildman–Crippen LogP) is 5.57. The number of halogens is 1. The molecule has 3 unspecified atom stereocenters. The molecule has 0 amide bonds. The molecule has 1 aliphatic carbocycles. The molecule has 0 spiro atoms. The van der Waals surface area contributed by atoms with E-state index in [9.17, 15) is 9.90 Å². The third-order valence-electron chi connectivity index (χ3n) is 5.74. The van der Waals surface area contributed by atoms with Crippen molar-refractivity contribution in [2.75, 3.05) is 18.1 Å². The number of Topliss-reactive ketones (excluding diaryl/α,β-unsaturated/α-hetero) is 1. The summed E-state index contributed by atoms with van der Waals surface area (Å²) in [6.45, 7) is 4.15. The summed E-state index contributed by atoms with van der Waals surface area (Å²) < 4.78 is 5.80. The van der Waals surface area contributed by atoms with Gasteiger partial charge in [0.25, 0.3) is 0 Å². The van der Waals surface area contributed by atoms with Gasteiger partial charge < -0.3 is 14.7 Å². The number of ketones is 1. The number of carbonyl (C=O) groups is 1. The fourth-order valence-corrected chi connectivity index (χ4v) is 5.58. The van der Waals surface area contributed by atoms with E-state index >= 15 is 0 Å². The molecule has 1 aromatic rings. The van der Waals surface area contributed by atoms with Gasteiger partial charge in [-0.25, -0.2) is 0 Å². The van der Waals surface area contributed by atoms with Crippen molar-refractivity contribution in [2.24, 2.45) is 17.0 Å². The summed E-state index contributed by atoms with van der Waals surface area (Å²) in [6, 6.07) is 7.14. The molecule has 8 heteroatoms. The molecule has 0 bridgehead atoms. The summed E-state index contributed by atoms with van der Waals surface area (Å²) >= 11 is 7.85. The number of nitrogens with zero attached hydrogens (tertiary/aromatic N) is 1. The molecule has 1 aromatic carbocycles. The van der Waals surface area contributed by atoms with Gasteiger partial charge in [-0.2, -0.15) is 11.8 Å². The van der Waals surface area contributed by atoms with Crippen LogP contribution >= 0.6 is 23.4 Å². The van der Waals surface area contributed by atoms with Gasteiger partial charge in [0.15, 0.2) is 12.4 Å². The third-order valence-corrected chi connectivity index (χ3v) is 7.24. The molecular weight excluding hydrogens is 457 g/mol. The molecule has 1 aliphatic heterocycles. The van der Waals surface area contributed by atoms with Crippen molar-refractivity contribution in [3.05, 3.63) is 40.6 Å². The Morgan fingerprint density at radius 1 is 1.28 bits per heavy atom. The van der Waals surface area contributed by atoms with Gasteiger partial charge in [-0.3, -0.25) is 4.79 Å². The standard InChI is InChI=1S/C24H32ClNO4S.Na.H/c1-3-5-21(26-29-14-16(2)30-20-9-7-19(25)8-10-20)24-22(27)12-18(13-23(24)28)17-6-4-11-31-15-17;;/h7-10,16-18,27H,3-6,11-15H2,1-2H3;;. The van der Waals surface area contributed by atoms with Crippen molar-refractivity contribution < 1.29 is 19.5 Å². The average molecular weight is 490 g/mol. The van der Waals surface area contributed by atoms with Gasteiger partial charge in [0, 0.05) is 17.9 Å². The summed E-state index contributed by atoms with van der Waals surface area (Å²) in [4.78, 5) is 18.5. The number of thioether (sulfide) groups is 1. The number of aliphatic hydroxyl groups excluding tert-OH is 1. The van der Waals surface area contributed by atoms with E-state index in [4.69, 9.17) is 21.2 Å². The second-order valence-corrected chi connectivity index (χ2v) is 9.94.